The first kappa shape index (κ1) is 13.6. The molecule has 0 radical (unpaired) electrons. The molecule has 0 aliphatic rings. The molecule has 0 aromatic heterocycles. The summed E-state index contributed by atoms with van der Waals surface area (Å²) in [5, 5.41) is 0. The van der Waals surface area contributed by atoms with E-state index in [9.17, 15) is 9.36 Å². The molecule has 0 saturated carbocycles. The molecule has 0 fully saturated rings. The molecule has 14 heavy (non-hydrogen) atoms. The van der Waals surface area contributed by atoms with Gasteiger partial charge in [0.1, 0.15) is 0 Å². The SMILES string of the molecule is C=C(C)C(=O)CC(C)(C)CP(=O)(O)O. The largest absolute Gasteiger partial charge is 0.326 e. The van der Waals surface area contributed by atoms with Gasteiger partial charge < -0.3 is 9.79 Å². The molecule has 5 heteroatoms. The molecule has 2 N–H and O–H groups in total. The van der Waals surface area contributed by atoms with Crippen molar-refractivity contribution in [3.05, 3.63) is 12.2 Å². The summed E-state index contributed by atoms with van der Waals surface area (Å²) < 4.78 is 10.8. The van der Waals surface area contributed by atoms with Crippen molar-refractivity contribution in [2.75, 3.05) is 6.16 Å². The maximum Gasteiger partial charge on any atom is 0.326 e. The minimum atomic E-state index is -4.06. The van der Waals surface area contributed by atoms with Gasteiger partial charge in [-0.3, -0.25) is 9.36 Å². The maximum atomic E-state index is 11.3. The molecule has 82 valence electrons. The monoisotopic (exact) mass is 220 g/mol. The van der Waals surface area contributed by atoms with Crippen molar-refractivity contribution in [1.29, 1.82) is 0 Å². The Morgan fingerprint density at radius 3 is 2.14 bits per heavy atom. The zero-order chi connectivity index (χ0) is 11.6. The Hall–Kier alpha value is -0.440. The maximum absolute atomic E-state index is 11.3. The summed E-state index contributed by atoms with van der Waals surface area (Å²) >= 11 is 0. The van der Waals surface area contributed by atoms with Gasteiger partial charge in [0, 0.05) is 6.42 Å². The van der Waals surface area contributed by atoms with Crippen LogP contribution in [0, 0.1) is 5.41 Å². The lowest BCUT2D eigenvalue weighted by molar-refractivity contribution is -0.117. The topological polar surface area (TPSA) is 74.6 Å². The van der Waals surface area contributed by atoms with Gasteiger partial charge in [-0.1, -0.05) is 20.4 Å². The van der Waals surface area contributed by atoms with E-state index < -0.39 is 13.0 Å². The Labute approximate surface area is 84.2 Å². The molecule has 0 amide bonds. The number of allylic oxidation sites excluding steroid dienone is 1. The fourth-order valence-corrected chi connectivity index (χ4v) is 2.43. The first-order valence-electron chi connectivity index (χ1n) is 4.27. The van der Waals surface area contributed by atoms with E-state index in [0.717, 1.165) is 0 Å². The van der Waals surface area contributed by atoms with Crippen LogP contribution in [0.5, 0.6) is 0 Å². The van der Waals surface area contributed by atoms with Crippen LogP contribution >= 0.6 is 7.60 Å². The van der Waals surface area contributed by atoms with Gasteiger partial charge in [-0.2, -0.15) is 0 Å². The van der Waals surface area contributed by atoms with Crippen LogP contribution < -0.4 is 0 Å². The van der Waals surface area contributed by atoms with Gasteiger partial charge in [-0.25, -0.2) is 0 Å². The Kier molecular flexibility index (Phi) is 4.25. The van der Waals surface area contributed by atoms with Crippen LogP contribution in [0.25, 0.3) is 0 Å². The van der Waals surface area contributed by atoms with E-state index >= 15 is 0 Å². The van der Waals surface area contributed by atoms with Gasteiger partial charge in [0.25, 0.3) is 0 Å². The predicted octanol–water partition coefficient (Wildman–Crippen LogP) is 1.73. The zero-order valence-electron chi connectivity index (χ0n) is 8.78. The number of Topliss-reactive ketones (excluding diaryl/α,β-unsaturated/α-hetero) is 1. The van der Waals surface area contributed by atoms with E-state index in [4.69, 9.17) is 9.79 Å². The summed E-state index contributed by atoms with van der Waals surface area (Å²) in [7, 11) is -4.06. The third kappa shape index (κ3) is 6.08. The molecule has 0 rings (SSSR count). The molecule has 0 unspecified atom stereocenters. The summed E-state index contributed by atoms with van der Waals surface area (Å²) in [5.74, 6) is -0.150. The van der Waals surface area contributed by atoms with E-state index in [-0.39, 0.29) is 18.4 Å². The molecule has 0 aliphatic carbocycles. The van der Waals surface area contributed by atoms with Crippen LogP contribution in [-0.4, -0.2) is 21.7 Å². The van der Waals surface area contributed by atoms with Crippen LogP contribution in [-0.2, 0) is 9.36 Å². The van der Waals surface area contributed by atoms with Crippen molar-refractivity contribution in [2.45, 2.75) is 27.2 Å². The van der Waals surface area contributed by atoms with Gasteiger partial charge in [0.05, 0.1) is 6.16 Å². The quantitative estimate of drug-likeness (QED) is 0.546. The third-order valence-corrected chi connectivity index (χ3v) is 3.02. The normalized spacial score (nSPS) is 12.6. The smallest absolute Gasteiger partial charge is 0.324 e. The molecule has 0 aromatic carbocycles. The summed E-state index contributed by atoms with van der Waals surface area (Å²) in [4.78, 5) is 28.9. The van der Waals surface area contributed by atoms with Crippen LogP contribution in [0.4, 0.5) is 0 Å². The molecule has 0 aliphatic heterocycles. The molecule has 4 nitrogen and oxygen atoms in total. The summed E-state index contributed by atoms with van der Waals surface area (Å²) in [5.41, 5.74) is -0.265. The number of rotatable bonds is 5. The Morgan fingerprint density at radius 2 is 1.86 bits per heavy atom. The van der Waals surface area contributed by atoms with E-state index in [1.807, 2.05) is 0 Å². The van der Waals surface area contributed by atoms with Crippen molar-refractivity contribution >= 4 is 13.4 Å². The minimum Gasteiger partial charge on any atom is -0.324 e. The summed E-state index contributed by atoms with van der Waals surface area (Å²) in [6.07, 6.45) is -0.160. The van der Waals surface area contributed by atoms with Gasteiger partial charge in [0.2, 0.25) is 0 Å². The first-order valence-corrected chi connectivity index (χ1v) is 6.06. The summed E-state index contributed by atoms with van der Waals surface area (Å²) in [6.45, 7) is 8.40. The Morgan fingerprint density at radius 1 is 1.43 bits per heavy atom. The standard InChI is InChI=1S/C9H17O4P/c1-7(2)8(10)5-9(3,4)6-14(11,12)13/h1,5-6H2,2-4H3,(H2,11,12,13). The molecule has 0 heterocycles. The van der Waals surface area contributed by atoms with Gasteiger partial charge in [-0.15, -0.1) is 0 Å². The van der Waals surface area contributed by atoms with Gasteiger partial charge in [-0.05, 0) is 17.9 Å². The molecule has 0 aromatic rings. The lowest BCUT2D eigenvalue weighted by Crippen LogP contribution is -2.21. The van der Waals surface area contributed by atoms with Crippen molar-refractivity contribution in [3.8, 4) is 0 Å². The second-order valence-electron chi connectivity index (χ2n) is 4.37. The Balaban J connectivity index is 4.43. The van der Waals surface area contributed by atoms with Gasteiger partial charge in [0.15, 0.2) is 5.78 Å². The lowest BCUT2D eigenvalue weighted by atomic mass is 9.88. The van der Waals surface area contributed by atoms with Crippen molar-refractivity contribution < 1.29 is 19.1 Å². The lowest BCUT2D eigenvalue weighted by Gasteiger charge is -2.23. The number of ketones is 1. The predicted molar refractivity (Wildman–Crippen MR) is 55.1 cm³/mol. The zero-order valence-corrected chi connectivity index (χ0v) is 9.67. The minimum absolute atomic E-state index is 0.118. The highest BCUT2D eigenvalue weighted by Gasteiger charge is 2.30. The van der Waals surface area contributed by atoms with Crippen LogP contribution in [0.2, 0.25) is 0 Å². The molecule has 0 atom stereocenters. The van der Waals surface area contributed by atoms with E-state index in [2.05, 4.69) is 6.58 Å². The Bertz CT molecular complexity index is 287. The van der Waals surface area contributed by atoms with E-state index in [1.54, 1.807) is 20.8 Å². The van der Waals surface area contributed by atoms with Crippen molar-refractivity contribution in [2.24, 2.45) is 5.41 Å². The highest BCUT2D eigenvalue weighted by atomic mass is 31.2. The fourth-order valence-electron chi connectivity index (χ4n) is 1.20. The number of hydrogen-bond donors (Lipinski definition) is 2. The van der Waals surface area contributed by atoms with Crippen molar-refractivity contribution in [1.82, 2.24) is 0 Å². The number of hydrogen-bond acceptors (Lipinski definition) is 2. The van der Waals surface area contributed by atoms with Crippen LogP contribution in [0.3, 0.4) is 0 Å². The molecular weight excluding hydrogens is 203 g/mol. The van der Waals surface area contributed by atoms with E-state index in [1.165, 1.54) is 0 Å². The van der Waals surface area contributed by atoms with Gasteiger partial charge >= 0.3 is 7.60 Å². The highest BCUT2D eigenvalue weighted by Crippen LogP contribution is 2.43. The second kappa shape index (κ2) is 4.39. The average molecular weight is 220 g/mol. The average Bonchev–Trinajstić information content (AvgIpc) is 1.78. The molecule has 0 spiro atoms. The van der Waals surface area contributed by atoms with Crippen LogP contribution in [0.15, 0.2) is 12.2 Å². The molecule has 0 saturated heterocycles. The van der Waals surface area contributed by atoms with Crippen molar-refractivity contribution in [3.63, 3.8) is 0 Å². The first-order chi connectivity index (χ1) is 6.03. The highest BCUT2D eigenvalue weighted by molar-refractivity contribution is 7.51. The third-order valence-electron chi connectivity index (χ3n) is 1.75. The van der Waals surface area contributed by atoms with Crippen LogP contribution in [0.1, 0.15) is 27.2 Å². The fraction of sp³-hybridized carbons (Fsp3) is 0.667. The molecular formula is C9H17O4P. The number of carbonyl (C=O) groups is 1. The van der Waals surface area contributed by atoms with E-state index in [0.29, 0.717) is 5.57 Å². The second-order valence-corrected chi connectivity index (χ2v) is 6.01. The number of carbonyl (C=O) groups excluding carboxylic acids is 1. The summed E-state index contributed by atoms with van der Waals surface area (Å²) in [6, 6.07) is 0. The molecule has 0 bridgehead atoms.